The number of hydrogen-bond acceptors (Lipinski definition) is 4. The van der Waals surface area contributed by atoms with Gasteiger partial charge in [-0.1, -0.05) is 36.0 Å². The monoisotopic (exact) mass is 388 g/mol. The number of carbonyl (C=O) groups excluding carboxylic acids is 1. The molecule has 1 N–H and O–H groups in total. The highest BCUT2D eigenvalue weighted by atomic mass is 35.5. The van der Waals surface area contributed by atoms with Gasteiger partial charge in [-0.3, -0.25) is 0 Å². The number of rotatable bonds is 3. The van der Waals surface area contributed by atoms with E-state index in [2.05, 4.69) is 15.5 Å². The summed E-state index contributed by atoms with van der Waals surface area (Å²) in [6.45, 7) is 1.41. The van der Waals surface area contributed by atoms with Crippen molar-refractivity contribution in [2.75, 3.05) is 13.1 Å². The maximum Gasteiger partial charge on any atom is 0.317 e. The summed E-state index contributed by atoms with van der Waals surface area (Å²) < 4.78 is 5.51. The first-order valence-corrected chi connectivity index (χ1v) is 10.2. The second-order valence-corrected chi connectivity index (χ2v) is 7.97. The highest BCUT2D eigenvalue weighted by Gasteiger charge is 2.29. The standard InChI is InChI=1S/C20H25ClN4O2/c21-16-10-8-14(9-11-16)18-23-19(27-24-18)15-5-4-12-25(13-15)20(26)22-17-6-2-1-3-7-17/h8-11,15,17H,1-7,12-13H2,(H,22,26). The van der Waals surface area contributed by atoms with E-state index >= 15 is 0 Å². The number of hydrogen-bond donors (Lipinski definition) is 1. The van der Waals surface area contributed by atoms with Crippen LogP contribution in [0.15, 0.2) is 28.8 Å². The van der Waals surface area contributed by atoms with E-state index in [0.29, 0.717) is 29.3 Å². The average molecular weight is 389 g/mol. The number of urea groups is 1. The number of likely N-dealkylation sites (tertiary alicyclic amines) is 1. The Labute approximate surface area is 164 Å². The normalized spacial score (nSPS) is 21.2. The fraction of sp³-hybridized carbons (Fsp3) is 0.550. The molecule has 1 aromatic heterocycles. The van der Waals surface area contributed by atoms with Crippen molar-refractivity contribution in [2.45, 2.75) is 56.9 Å². The Balaban J connectivity index is 1.39. The Bertz CT molecular complexity index is 771. The lowest BCUT2D eigenvalue weighted by Crippen LogP contribution is -2.48. The lowest BCUT2D eigenvalue weighted by molar-refractivity contribution is 0.166. The molecule has 2 amide bonds. The first-order valence-electron chi connectivity index (χ1n) is 9.84. The van der Waals surface area contributed by atoms with Crippen LogP contribution in [-0.2, 0) is 0 Å². The third-order valence-corrected chi connectivity index (χ3v) is 5.79. The van der Waals surface area contributed by atoms with Crippen molar-refractivity contribution in [1.29, 1.82) is 0 Å². The summed E-state index contributed by atoms with van der Waals surface area (Å²) in [7, 11) is 0. The van der Waals surface area contributed by atoms with E-state index in [9.17, 15) is 4.79 Å². The third-order valence-electron chi connectivity index (χ3n) is 5.53. The summed E-state index contributed by atoms with van der Waals surface area (Å²) in [6.07, 6.45) is 7.79. The Hall–Kier alpha value is -2.08. The zero-order valence-corrected chi connectivity index (χ0v) is 16.1. The molecule has 1 aromatic carbocycles. The fourth-order valence-electron chi connectivity index (χ4n) is 3.99. The predicted molar refractivity (Wildman–Crippen MR) is 104 cm³/mol. The maximum absolute atomic E-state index is 12.6. The summed E-state index contributed by atoms with van der Waals surface area (Å²) >= 11 is 5.93. The molecule has 1 atom stereocenters. The number of benzene rings is 1. The van der Waals surface area contributed by atoms with E-state index in [1.807, 2.05) is 29.2 Å². The summed E-state index contributed by atoms with van der Waals surface area (Å²) in [6, 6.07) is 7.75. The Morgan fingerprint density at radius 3 is 2.67 bits per heavy atom. The third kappa shape index (κ3) is 4.43. The minimum absolute atomic E-state index is 0.0454. The predicted octanol–water partition coefficient (Wildman–Crippen LogP) is 4.61. The number of carbonyl (C=O) groups is 1. The number of nitrogens with one attached hydrogen (secondary N) is 1. The van der Waals surface area contributed by atoms with Crippen molar-refractivity contribution >= 4 is 17.6 Å². The molecule has 1 saturated heterocycles. The molecule has 2 fully saturated rings. The van der Waals surface area contributed by atoms with Gasteiger partial charge < -0.3 is 14.7 Å². The number of aromatic nitrogens is 2. The second kappa shape index (κ2) is 8.30. The lowest BCUT2D eigenvalue weighted by Gasteiger charge is -2.33. The Kier molecular flexibility index (Phi) is 5.62. The minimum atomic E-state index is 0.0454. The summed E-state index contributed by atoms with van der Waals surface area (Å²) in [5, 5.41) is 7.99. The van der Waals surface area contributed by atoms with E-state index in [0.717, 1.165) is 37.8 Å². The molecule has 2 aromatic rings. The van der Waals surface area contributed by atoms with E-state index in [1.165, 1.54) is 19.3 Å². The maximum atomic E-state index is 12.6. The van der Waals surface area contributed by atoms with Gasteiger partial charge in [0.05, 0.1) is 5.92 Å². The van der Waals surface area contributed by atoms with Gasteiger partial charge in [-0.25, -0.2) is 4.79 Å². The molecule has 1 aliphatic heterocycles. The first kappa shape index (κ1) is 18.3. The van der Waals surface area contributed by atoms with Crippen LogP contribution in [0.3, 0.4) is 0 Å². The molecule has 0 bridgehead atoms. The molecule has 27 heavy (non-hydrogen) atoms. The van der Waals surface area contributed by atoms with Gasteiger partial charge in [0.1, 0.15) is 0 Å². The molecule has 1 saturated carbocycles. The number of nitrogens with zero attached hydrogens (tertiary/aromatic N) is 3. The van der Waals surface area contributed by atoms with Gasteiger partial charge in [0.25, 0.3) is 0 Å². The molecule has 1 aliphatic carbocycles. The van der Waals surface area contributed by atoms with Crippen molar-refractivity contribution < 1.29 is 9.32 Å². The zero-order valence-electron chi connectivity index (χ0n) is 15.4. The zero-order chi connectivity index (χ0) is 18.6. The van der Waals surface area contributed by atoms with Crippen LogP contribution >= 0.6 is 11.6 Å². The van der Waals surface area contributed by atoms with Crippen LogP contribution < -0.4 is 5.32 Å². The van der Waals surface area contributed by atoms with E-state index in [-0.39, 0.29) is 11.9 Å². The molecule has 0 spiro atoms. The van der Waals surface area contributed by atoms with E-state index in [1.54, 1.807) is 0 Å². The summed E-state index contributed by atoms with van der Waals surface area (Å²) in [5.74, 6) is 1.25. The van der Waals surface area contributed by atoms with Gasteiger partial charge in [0, 0.05) is 29.7 Å². The molecule has 6 nitrogen and oxygen atoms in total. The Morgan fingerprint density at radius 1 is 1.11 bits per heavy atom. The van der Waals surface area contributed by atoms with E-state index in [4.69, 9.17) is 16.1 Å². The smallest absolute Gasteiger partial charge is 0.317 e. The Morgan fingerprint density at radius 2 is 1.89 bits per heavy atom. The molecule has 1 unspecified atom stereocenters. The lowest BCUT2D eigenvalue weighted by atomic mass is 9.95. The van der Waals surface area contributed by atoms with Crippen molar-refractivity contribution in [3.05, 3.63) is 35.2 Å². The highest BCUT2D eigenvalue weighted by Crippen LogP contribution is 2.28. The van der Waals surface area contributed by atoms with Crippen LogP contribution in [0.25, 0.3) is 11.4 Å². The van der Waals surface area contributed by atoms with Gasteiger partial charge >= 0.3 is 6.03 Å². The molecular formula is C20H25ClN4O2. The van der Waals surface area contributed by atoms with Crippen LogP contribution in [0, 0.1) is 0 Å². The van der Waals surface area contributed by atoms with Crippen LogP contribution in [-0.4, -0.2) is 40.2 Å². The molecule has 2 heterocycles. The molecule has 2 aliphatic rings. The van der Waals surface area contributed by atoms with E-state index < -0.39 is 0 Å². The van der Waals surface area contributed by atoms with Crippen molar-refractivity contribution in [3.63, 3.8) is 0 Å². The van der Waals surface area contributed by atoms with Gasteiger partial charge in [-0.2, -0.15) is 4.98 Å². The van der Waals surface area contributed by atoms with Crippen LogP contribution in [0.1, 0.15) is 56.8 Å². The van der Waals surface area contributed by atoms with Gasteiger partial charge in [0.2, 0.25) is 11.7 Å². The second-order valence-electron chi connectivity index (χ2n) is 7.53. The fourth-order valence-corrected chi connectivity index (χ4v) is 4.12. The minimum Gasteiger partial charge on any atom is -0.339 e. The summed E-state index contributed by atoms with van der Waals surface area (Å²) in [5.41, 5.74) is 0.872. The molecule has 0 radical (unpaired) electrons. The van der Waals surface area contributed by atoms with Crippen molar-refractivity contribution in [2.24, 2.45) is 0 Å². The molecule has 4 rings (SSSR count). The first-order chi connectivity index (χ1) is 13.2. The number of piperidine rings is 1. The SMILES string of the molecule is O=C(NC1CCCCC1)N1CCCC(c2nc(-c3ccc(Cl)cc3)no2)C1. The van der Waals surface area contributed by atoms with Crippen LogP contribution in [0.2, 0.25) is 5.02 Å². The quantitative estimate of drug-likeness (QED) is 0.833. The molecule has 144 valence electrons. The number of amides is 2. The van der Waals surface area contributed by atoms with Crippen molar-refractivity contribution in [3.8, 4) is 11.4 Å². The van der Waals surface area contributed by atoms with Gasteiger partial charge in [-0.15, -0.1) is 0 Å². The van der Waals surface area contributed by atoms with Gasteiger partial charge in [0.15, 0.2) is 0 Å². The topological polar surface area (TPSA) is 71.3 Å². The molecule has 7 heteroatoms. The average Bonchev–Trinajstić information content (AvgIpc) is 3.20. The van der Waals surface area contributed by atoms with Crippen LogP contribution in [0.5, 0.6) is 0 Å². The van der Waals surface area contributed by atoms with Gasteiger partial charge in [-0.05, 0) is 49.9 Å². The van der Waals surface area contributed by atoms with Crippen LogP contribution in [0.4, 0.5) is 4.79 Å². The molecular weight excluding hydrogens is 364 g/mol. The largest absolute Gasteiger partial charge is 0.339 e. The summed E-state index contributed by atoms with van der Waals surface area (Å²) in [4.78, 5) is 19.1. The number of halogens is 1. The highest BCUT2D eigenvalue weighted by molar-refractivity contribution is 6.30. The van der Waals surface area contributed by atoms with Crippen molar-refractivity contribution in [1.82, 2.24) is 20.4 Å².